The highest BCUT2D eigenvalue weighted by Gasteiger charge is 2.41. The molecule has 4 atom stereocenters. The molecule has 4 unspecified atom stereocenters. The van der Waals surface area contributed by atoms with Crippen LogP contribution >= 0.6 is 12.2 Å². The smallest absolute Gasteiger partial charge is 0.166 e. The number of hydrogen-bond acceptors (Lipinski definition) is 2. The first-order valence-electron chi connectivity index (χ1n) is 6.74. The molecule has 98 valence electrons. The van der Waals surface area contributed by atoms with Crippen LogP contribution in [0.5, 0.6) is 0 Å². The Balaban J connectivity index is 1.70. The largest absolute Gasteiger partial charge is 0.383 e. The molecule has 17 heavy (non-hydrogen) atoms. The second-order valence-corrected chi connectivity index (χ2v) is 5.93. The van der Waals surface area contributed by atoms with E-state index < -0.39 is 0 Å². The molecule has 2 bridgehead atoms. The molecule has 2 aliphatic rings. The van der Waals surface area contributed by atoms with Gasteiger partial charge >= 0.3 is 0 Å². The van der Waals surface area contributed by atoms with Gasteiger partial charge in [0.15, 0.2) is 5.11 Å². The van der Waals surface area contributed by atoms with E-state index in [0.29, 0.717) is 12.6 Å². The van der Waals surface area contributed by atoms with E-state index in [1.165, 1.54) is 25.7 Å². The average Bonchev–Trinajstić information content (AvgIpc) is 2.91. The summed E-state index contributed by atoms with van der Waals surface area (Å²) in [7, 11) is 1.70. The van der Waals surface area contributed by atoms with Gasteiger partial charge in [-0.15, -0.1) is 0 Å². The highest BCUT2D eigenvalue weighted by molar-refractivity contribution is 7.80. The van der Waals surface area contributed by atoms with E-state index in [1.807, 2.05) is 0 Å². The SMILES string of the molecule is COCCNC(=S)NC(C)C1CC2CCC1C2. The zero-order chi connectivity index (χ0) is 12.3. The molecule has 2 rings (SSSR count). The maximum Gasteiger partial charge on any atom is 0.166 e. The van der Waals surface area contributed by atoms with Crippen molar-refractivity contribution in [3.8, 4) is 0 Å². The summed E-state index contributed by atoms with van der Waals surface area (Å²) in [5, 5.41) is 7.38. The van der Waals surface area contributed by atoms with Crippen molar-refractivity contribution < 1.29 is 4.74 Å². The molecule has 2 saturated carbocycles. The van der Waals surface area contributed by atoms with E-state index >= 15 is 0 Å². The van der Waals surface area contributed by atoms with E-state index in [-0.39, 0.29) is 0 Å². The van der Waals surface area contributed by atoms with Gasteiger partial charge in [-0.1, -0.05) is 6.42 Å². The monoisotopic (exact) mass is 256 g/mol. The summed E-state index contributed by atoms with van der Waals surface area (Å²) in [6.45, 7) is 3.76. The van der Waals surface area contributed by atoms with Gasteiger partial charge in [-0.25, -0.2) is 0 Å². The van der Waals surface area contributed by atoms with Crippen LogP contribution < -0.4 is 10.6 Å². The van der Waals surface area contributed by atoms with Crippen molar-refractivity contribution in [2.45, 2.75) is 38.6 Å². The summed E-state index contributed by atoms with van der Waals surface area (Å²) >= 11 is 5.29. The molecule has 0 heterocycles. The number of rotatable bonds is 5. The summed E-state index contributed by atoms with van der Waals surface area (Å²) in [5.41, 5.74) is 0. The van der Waals surface area contributed by atoms with Crippen LogP contribution in [-0.2, 0) is 4.74 Å². The fraction of sp³-hybridized carbons (Fsp3) is 0.923. The number of thiocarbonyl (C=S) groups is 1. The summed E-state index contributed by atoms with van der Waals surface area (Å²) < 4.78 is 4.99. The molecule has 3 nitrogen and oxygen atoms in total. The molecule has 0 aromatic rings. The van der Waals surface area contributed by atoms with Crippen molar-refractivity contribution in [3.05, 3.63) is 0 Å². The van der Waals surface area contributed by atoms with Gasteiger partial charge in [0.1, 0.15) is 0 Å². The molecule has 0 amide bonds. The topological polar surface area (TPSA) is 33.3 Å². The quantitative estimate of drug-likeness (QED) is 0.582. The third kappa shape index (κ3) is 3.32. The Morgan fingerprint density at radius 1 is 1.41 bits per heavy atom. The second kappa shape index (κ2) is 6.01. The Hall–Kier alpha value is -0.350. The van der Waals surface area contributed by atoms with E-state index in [9.17, 15) is 0 Å². The first-order valence-corrected chi connectivity index (χ1v) is 7.15. The third-order valence-corrected chi connectivity index (χ3v) is 4.65. The van der Waals surface area contributed by atoms with Gasteiger partial charge < -0.3 is 15.4 Å². The van der Waals surface area contributed by atoms with Gasteiger partial charge in [-0.3, -0.25) is 0 Å². The van der Waals surface area contributed by atoms with Crippen LogP contribution in [-0.4, -0.2) is 31.4 Å². The van der Waals surface area contributed by atoms with Crippen LogP contribution in [0.15, 0.2) is 0 Å². The van der Waals surface area contributed by atoms with Gasteiger partial charge in [0.25, 0.3) is 0 Å². The van der Waals surface area contributed by atoms with Crippen molar-refractivity contribution in [1.29, 1.82) is 0 Å². The highest BCUT2D eigenvalue weighted by Crippen LogP contribution is 2.49. The minimum Gasteiger partial charge on any atom is -0.383 e. The lowest BCUT2D eigenvalue weighted by Gasteiger charge is -2.29. The Kier molecular flexibility index (Phi) is 4.62. The van der Waals surface area contributed by atoms with Crippen molar-refractivity contribution in [2.75, 3.05) is 20.3 Å². The van der Waals surface area contributed by atoms with Crippen LogP contribution in [0.4, 0.5) is 0 Å². The van der Waals surface area contributed by atoms with Gasteiger partial charge in [-0.2, -0.15) is 0 Å². The van der Waals surface area contributed by atoms with Crippen molar-refractivity contribution >= 4 is 17.3 Å². The van der Waals surface area contributed by atoms with Crippen LogP contribution in [0.1, 0.15) is 32.6 Å². The average molecular weight is 256 g/mol. The summed E-state index contributed by atoms with van der Waals surface area (Å²) in [6.07, 6.45) is 5.76. The molecular weight excluding hydrogens is 232 g/mol. The van der Waals surface area contributed by atoms with E-state index in [0.717, 1.165) is 29.4 Å². The molecular formula is C13H24N2OS. The highest BCUT2D eigenvalue weighted by atomic mass is 32.1. The molecule has 2 N–H and O–H groups in total. The van der Waals surface area contributed by atoms with E-state index in [1.54, 1.807) is 7.11 Å². The number of fused-ring (bicyclic) bond motifs is 2. The summed E-state index contributed by atoms with van der Waals surface area (Å²) in [4.78, 5) is 0. The standard InChI is InChI=1S/C13H24N2OS/c1-9(15-13(17)14-5-6-16-2)12-8-10-3-4-11(12)7-10/h9-12H,3-8H2,1-2H3,(H2,14,15,17). The molecule has 2 fully saturated rings. The second-order valence-electron chi connectivity index (χ2n) is 5.52. The van der Waals surface area contributed by atoms with E-state index in [2.05, 4.69) is 17.6 Å². The van der Waals surface area contributed by atoms with Crippen LogP contribution in [0, 0.1) is 17.8 Å². The number of methoxy groups -OCH3 is 1. The Morgan fingerprint density at radius 2 is 2.24 bits per heavy atom. The predicted molar refractivity (Wildman–Crippen MR) is 74.0 cm³/mol. The Labute approximate surface area is 110 Å². The van der Waals surface area contributed by atoms with Gasteiger partial charge in [0, 0.05) is 19.7 Å². The molecule has 2 aliphatic carbocycles. The lowest BCUT2D eigenvalue weighted by atomic mass is 9.84. The first-order chi connectivity index (χ1) is 8.20. The van der Waals surface area contributed by atoms with Gasteiger partial charge in [0.05, 0.1) is 6.61 Å². The lowest BCUT2D eigenvalue weighted by molar-refractivity contribution is 0.203. The fourth-order valence-electron chi connectivity index (χ4n) is 3.54. The van der Waals surface area contributed by atoms with E-state index in [4.69, 9.17) is 17.0 Å². The lowest BCUT2D eigenvalue weighted by Crippen LogP contribution is -2.45. The Bertz CT molecular complexity index is 272. The Morgan fingerprint density at radius 3 is 2.82 bits per heavy atom. The normalized spacial score (nSPS) is 32.5. The molecule has 0 saturated heterocycles. The van der Waals surface area contributed by atoms with Crippen LogP contribution in [0.2, 0.25) is 0 Å². The van der Waals surface area contributed by atoms with Gasteiger partial charge in [-0.05, 0) is 56.2 Å². The molecule has 4 heteroatoms. The summed E-state index contributed by atoms with van der Waals surface area (Å²) in [5.74, 6) is 2.78. The molecule has 0 spiro atoms. The zero-order valence-corrected chi connectivity index (χ0v) is 11.7. The van der Waals surface area contributed by atoms with Gasteiger partial charge in [0.2, 0.25) is 0 Å². The first kappa shape index (κ1) is 13.1. The fourth-order valence-corrected chi connectivity index (χ4v) is 3.83. The number of hydrogen-bond donors (Lipinski definition) is 2. The third-order valence-electron chi connectivity index (χ3n) is 4.39. The number of ether oxygens (including phenoxy) is 1. The van der Waals surface area contributed by atoms with Crippen molar-refractivity contribution in [1.82, 2.24) is 10.6 Å². The maximum absolute atomic E-state index is 5.29. The number of nitrogens with one attached hydrogen (secondary N) is 2. The van der Waals surface area contributed by atoms with Crippen LogP contribution in [0.3, 0.4) is 0 Å². The molecule has 0 radical (unpaired) electrons. The zero-order valence-electron chi connectivity index (χ0n) is 10.9. The maximum atomic E-state index is 5.29. The predicted octanol–water partition coefficient (Wildman–Crippen LogP) is 1.92. The van der Waals surface area contributed by atoms with Crippen molar-refractivity contribution in [3.63, 3.8) is 0 Å². The molecule has 0 aromatic carbocycles. The molecule has 0 aromatic heterocycles. The molecule has 0 aliphatic heterocycles. The summed E-state index contributed by atoms with van der Waals surface area (Å²) in [6, 6.07) is 0.507. The van der Waals surface area contributed by atoms with Crippen LogP contribution in [0.25, 0.3) is 0 Å². The minimum absolute atomic E-state index is 0.507. The minimum atomic E-state index is 0.507. The van der Waals surface area contributed by atoms with Crippen molar-refractivity contribution in [2.24, 2.45) is 17.8 Å².